The molecule has 2 amide bonds. The van der Waals surface area contributed by atoms with Crippen LogP contribution < -0.4 is 25.1 Å². The average molecular weight is 579 g/mol. The predicted molar refractivity (Wildman–Crippen MR) is 154 cm³/mol. The SMILES string of the molecule is CCOc1cc(/C=N\NC(=O)c2ccc(N3CCCC3)cc2)c(Br)cc1OCC(=O)Nc1ccc(C)cc1. The van der Waals surface area contributed by atoms with Gasteiger partial charge in [-0.1, -0.05) is 17.7 Å². The van der Waals surface area contributed by atoms with Crippen LogP contribution in [-0.2, 0) is 4.79 Å². The molecule has 0 bridgehead atoms. The van der Waals surface area contributed by atoms with Crippen LogP contribution in [0.2, 0.25) is 0 Å². The molecular weight excluding hydrogens is 548 g/mol. The van der Waals surface area contributed by atoms with Gasteiger partial charge < -0.3 is 19.7 Å². The van der Waals surface area contributed by atoms with Crippen molar-refractivity contribution in [2.24, 2.45) is 5.10 Å². The predicted octanol–water partition coefficient (Wildman–Crippen LogP) is 5.54. The van der Waals surface area contributed by atoms with Gasteiger partial charge in [-0.2, -0.15) is 5.10 Å². The molecule has 1 heterocycles. The van der Waals surface area contributed by atoms with Crippen LogP contribution in [0, 0.1) is 6.92 Å². The van der Waals surface area contributed by atoms with Crippen molar-refractivity contribution in [1.82, 2.24) is 5.43 Å². The van der Waals surface area contributed by atoms with Gasteiger partial charge in [0.2, 0.25) is 0 Å². The van der Waals surface area contributed by atoms with Crippen molar-refractivity contribution < 1.29 is 19.1 Å². The number of hydrogen-bond donors (Lipinski definition) is 2. The lowest BCUT2D eigenvalue weighted by molar-refractivity contribution is -0.118. The average Bonchev–Trinajstić information content (AvgIpc) is 3.46. The third-order valence-corrected chi connectivity index (χ3v) is 6.71. The van der Waals surface area contributed by atoms with Gasteiger partial charge in [-0.05, 0) is 91.1 Å². The maximum atomic E-state index is 12.5. The van der Waals surface area contributed by atoms with Crippen molar-refractivity contribution in [2.45, 2.75) is 26.7 Å². The molecule has 2 N–H and O–H groups in total. The molecule has 0 atom stereocenters. The van der Waals surface area contributed by atoms with Crippen molar-refractivity contribution in [1.29, 1.82) is 0 Å². The molecule has 0 saturated carbocycles. The smallest absolute Gasteiger partial charge is 0.271 e. The minimum absolute atomic E-state index is 0.180. The molecule has 0 aliphatic carbocycles. The number of ether oxygens (including phenoxy) is 2. The van der Waals surface area contributed by atoms with E-state index in [2.05, 4.69) is 36.7 Å². The number of halogens is 1. The summed E-state index contributed by atoms with van der Waals surface area (Å²) >= 11 is 3.51. The Morgan fingerprint density at radius 2 is 1.68 bits per heavy atom. The van der Waals surface area contributed by atoms with Crippen molar-refractivity contribution >= 4 is 45.3 Å². The summed E-state index contributed by atoms with van der Waals surface area (Å²) in [6.07, 6.45) is 3.93. The molecule has 9 heteroatoms. The Morgan fingerprint density at radius 3 is 2.37 bits per heavy atom. The van der Waals surface area contributed by atoms with E-state index in [1.165, 1.54) is 19.1 Å². The van der Waals surface area contributed by atoms with E-state index in [0.717, 1.165) is 24.3 Å². The van der Waals surface area contributed by atoms with Crippen LogP contribution in [0.4, 0.5) is 11.4 Å². The highest BCUT2D eigenvalue weighted by molar-refractivity contribution is 9.10. The van der Waals surface area contributed by atoms with Crippen molar-refractivity contribution in [3.63, 3.8) is 0 Å². The second-order valence-electron chi connectivity index (χ2n) is 8.90. The van der Waals surface area contributed by atoms with Gasteiger partial charge in [0.1, 0.15) is 0 Å². The maximum absolute atomic E-state index is 12.5. The summed E-state index contributed by atoms with van der Waals surface area (Å²) in [6.45, 7) is 6.18. The maximum Gasteiger partial charge on any atom is 0.271 e. The molecule has 4 rings (SSSR count). The van der Waals surface area contributed by atoms with Crippen LogP contribution in [0.15, 0.2) is 70.2 Å². The van der Waals surface area contributed by atoms with Crippen LogP contribution in [0.25, 0.3) is 0 Å². The number of hydrazone groups is 1. The molecule has 38 heavy (non-hydrogen) atoms. The summed E-state index contributed by atoms with van der Waals surface area (Å²) in [4.78, 5) is 27.2. The van der Waals surface area contributed by atoms with Crippen LogP contribution in [0.5, 0.6) is 11.5 Å². The van der Waals surface area contributed by atoms with E-state index in [1.54, 1.807) is 12.1 Å². The lowest BCUT2D eigenvalue weighted by Gasteiger charge is -2.17. The van der Waals surface area contributed by atoms with E-state index in [1.807, 2.05) is 62.4 Å². The quantitative estimate of drug-likeness (QED) is 0.243. The molecule has 3 aromatic rings. The van der Waals surface area contributed by atoms with Gasteiger partial charge in [-0.15, -0.1) is 0 Å². The summed E-state index contributed by atoms with van der Waals surface area (Å²) < 4.78 is 12.1. The molecule has 8 nitrogen and oxygen atoms in total. The normalized spacial score (nSPS) is 13.0. The Labute approximate surface area is 231 Å². The fourth-order valence-corrected chi connectivity index (χ4v) is 4.46. The summed E-state index contributed by atoms with van der Waals surface area (Å²) in [7, 11) is 0. The highest BCUT2D eigenvalue weighted by Gasteiger charge is 2.14. The molecule has 0 unspecified atom stereocenters. The number of aryl methyl sites for hydroxylation is 1. The van der Waals surface area contributed by atoms with Crippen LogP contribution in [0.1, 0.15) is 41.3 Å². The van der Waals surface area contributed by atoms with Gasteiger partial charge in [0.15, 0.2) is 18.1 Å². The van der Waals surface area contributed by atoms with E-state index in [4.69, 9.17) is 9.47 Å². The second-order valence-corrected chi connectivity index (χ2v) is 9.75. The van der Waals surface area contributed by atoms with E-state index >= 15 is 0 Å². The Balaban J connectivity index is 1.36. The molecule has 3 aromatic carbocycles. The Morgan fingerprint density at radius 1 is 1.00 bits per heavy atom. The van der Waals surface area contributed by atoms with E-state index in [0.29, 0.717) is 39.4 Å². The summed E-state index contributed by atoms with van der Waals surface area (Å²) in [5.41, 5.74) is 6.72. The van der Waals surface area contributed by atoms with Crippen LogP contribution in [0.3, 0.4) is 0 Å². The number of anilines is 2. The second kappa shape index (κ2) is 13.1. The van der Waals surface area contributed by atoms with Crippen LogP contribution in [-0.4, -0.2) is 44.3 Å². The standard InChI is InChI=1S/C29H31BrN4O4/c1-3-37-26-16-22(18-31-33-29(36)21-8-12-24(13-9-21)34-14-4-5-15-34)25(30)17-27(26)38-19-28(35)32-23-10-6-20(2)7-11-23/h6-13,16-18H,3-5,14-15,19H2,1-2H3,(H,32,35)(H,33,36)/b31-18-. The number of nitrogens with one attached hydrogen (secondary N) is 2. The molecular formula is C29H31BrN4O4. The first-order chi connectivity index (χ1) is 18.4. The van der Waals surface area contributed by atoms with Gasteiger partial charge in [0, 0.05) is 40.1 Å². The first-order valence-corrected chi connectivity index (χ1v) is 13.4. The van der Waals surface area contributed by atoms with Gasteiger partial charge in [-0.3, -0.25) is 9.59 Å². The van der Waals surface area contributed by atoms with E-state index in [-0.39, 0.29) is 18.4 Å². The zero-order valence-electron chi connectivity index (χ0n) is 21.5. The number of carbonyl (C=O) groups excluding carboxylic acids is 2. The van der Waals surface area contributed by atoms with Crippen molar-refractivity contribution in [2.75, 3.05) is 36.5 Å². The summed E-state index contributed by atoms with van der Waals surface area (Å²) in [5, 5.41) is 6.92. The van der Waals surface area contributed by atoms with Gasteiger partial charge in [0.25, 0.3) is 11.8 Å². The zero-order valence-corrected chi connectivity index (χ0v) is 23.1. The topological polar surface area (TPSA) is 92.3 Å². The number of hydrogen-bond acceptors (Lipinski definition) is 6. The molecule has 0 radical (unpaired) electrons. The monoisotopic (exact) mass is 578 g/mol. The molecule has 1 aliphatic rings. The zero-order chi connectivity index (χ0) is 26.9. The number of amides is 2. The molecule has 1 aliphatic heterocycles. The minimum Gasteiger partial charge on any atom is -0.490 e. The third kappa shape index (κ3) is 7.35. The molecule has 198 valence electrons. The number of carbonyl (C=O) groups is 2. The lowest BCUT2D eigenvalue weighted by atomic mass is 10.2. The first kappa shape index (κ1) is 27.2. The highest BCUT2D eigenvalue weighted by atomic mass is 79.9. The van der Waals surface area contributed by atoms with E-state index < -0.39 is 0 Å². The molecule has 0 spiro atoms. The lowest BCUT2D eigenvalue weighted by Crippen LogP contribution is -2.20. The summed E-state index contributed by atoms with van der Waals surface area (Å²) in [5.74, 6) is 0.297. The highest BCUT2D eigenvalue weighted by Crippen LogP contribution is 2.33. The summed E-state index contributed by atoms with van der Waals surface area (Å²) in [6, 6.07) is 18.5. The van der Waals surface area contributed by atoms with E-state index in [9.17, 15) is 9.59 Å². The van der Waals surface area contributed by atoms with Gasteiger partial charge in [-0.25, -0.2) is 5.43 Å². The molecule has 1 fully saturated rings. The number of rotatable bonds is 10. The van der Waals surface area contributed by atoms with Gasteiger partial charge >= 0.3 is 0 Å². The fraction of sp³-hybridized carbons (Fsp3) is 0.276. The third-order valence-electron chi connectivity index (χ3n) is 6.03. The van der Waals surface area contributed by atoms with Crippen molar-refractivity contribution in [3.05, 3.63) is 81.8 Å². The van der Waals surface area contributed by atoms with Gasteiger partial charge in [0.05, 0.1) is 12.8 Å². The fourth-order valence-electron chi connectivity index (χ4n) is 4.03. The molecule has 1 saturated heterocycles. The Bertz CT molecular complexity index is 1290. The Kier molecular flexibility index (Phi) is 9.37. The Hall–Kier alpha value is -3.85. The largest absolute Gasteiger partial charge is 0.490 e. The van der Waals surface area contributed by atoms with Crippen molar-refractivity contribution in [3.8, 4) is 11.5 Å². The first-order valence-electron chi connectivity index (χ1n) is 12.6. The molecule has 0 aromatic heterocycles. The minimum atomic E-state index is -0.296. The number of benzene rings is 3. The van der Waals surface area contributed by atoms with Crippen LogP contribution >= 0.6 is 15.9 Å². The number of nitrogens with zero attached hydrogens (tertiary/aromatic N) is 2.